The Hall–Kier alpha value is -0.0400. The van der Waals surface area contributed by atoms with Gasteiger partial charge in [0.05, 0.1) is 0 Å². The van der Waals surface area contributed by atoms with Crippen LogP contribution in [0.5, 0.6) is 0 Å². The molecule has 0 aliphatic carbocycles. The van der Waals surface area contributed by atoms with Gasteiger partial charge in [0.2, 0.25) is 0 Å². The van der Waals surface area contributed by atoms with E-state index in [1.807, 2.05) is 0 Å². The van der Waals surface area contributed by atoms with Crippen molar-refractivity contribution in [1.82, 2.24) is 4.90 Å². The molecule has 2 atom stereocenters. The molecular weight excluding hydrogens is 290 g/mol. The topological polar surface area (TPSA) is 3.24 Å². The Morgan fingerprint density at radius 3 is 1.79 bits per heavy atom. The molecule has 0 fully saturated rings. The van der Waals surface area contributed by atoms with Crippen LogP contribution in [0.3, 0.4) is 0 Å². The Kier molecular flexibility index (Phi) is 12.3. The molecular formula is C23H49N. The molecule has 2 unspecified atom stereocenters. The van der Waals surface area contributed by atoms with Crippen LogP contribution >= 0.6 is 0 Å². The van der Waals surface area contributed by atoms with Crippen molar-refractivity contribution in [3.05, 3.63) is 0 Å². The third-order valence-corrected chi connectivity index (χ3v) is 5.14. The Morgan fingerprint density at radius 2 is 1.33 bits per heavy atom. The van der Waals surface area contributed by atoms with Crippen molar-refractivity contribution >= 4 is 0 Å². The van der Waals surface area contributed by atoms with Crippen molar-refractivity contribution in [3.8, 4) is 0 Å². The molecule has 0 spiro atoms. The number of hydrogen-bond donors (Lipinski definition) is 0. The number of nitrogens with zero attached hydrogens (tertiary/aromatic N) is 1. The molecule has 0 N–H and O–H groups in total. The molecule has 0 aliphatic heterocycles. The highest BCUT2D eigenvalue weighted by atomic mass is 15.0. The van der Waals surface area contributed by atoms with E-state index in [0.717, 1.165) is 23.7 Å². The SMILES string of the molecule is CC(C)CCC(CCCN(C)C)CC(CCC(C)(C)C)CC(C)C. The van der Waals surface area contributed by atoms with Gasteiger partial charge in [-0.1, -0.05) is 61.3 Å². The molecule has 0 aliphatic rings. The van der Waals surface area contributed by atoms with Crippen LogP contribution in [0.1, 0.15) is 99.8 Å². The van der Waals surface area contributed by atoms with Crippen LogP contribution in [-0.2, 0) is 0 Å². The van der Waals surface area contributed by atoms with Crippen LogP contribution in [0.2, 0.25) is 0 Å². The highest BCUT2D eigenvalue weighted by Crippen LogP contribution is 2.33. The van der Waals surface area contributed by atoms with Crippen molar-refractivity contribution in [1.29, 1.82) is 0 Å². The molecule has 0 aromatic heterocycles. The van der Waals surface area contributed by atoms with Gasteiger partial charge in [0.15, 0.2) is 0 Å². The van der Waals surface area contributed by atoms with Gasteiger partial charge in [-0.25, -0.2) is 0 Å². The third kappa shape index (κ3) is 15.5. The lowest BCUT2D eigenvalue weighted by Gasteiger charge is -2.28. The fraction of sp³-hybridized carbons (Fsp3) is 1.00. The Bertz CT molecular complexity index is 285. The summed E-state index contributed by atoms with van der Waals surface area (Å²) in [7, 11) is 4.40. The molecule has 0 aromatic rings. The lowest BCUT2D eigenvalue weighted by atomic mass is 9.78. The van der Waals surface area contributed by atoms with Gasteiger partial charge >= 0.3 is 0 Å². The minimum Gasteiger partial charge on any atom is -0.309 e. The zero-order chi connectivity index (χ0) is 18.8. The summed E-state index contributed by atoms with van der Waals surface area (Å²) in [6.45, 7) is 18.0. The second-order valence-corrected chi connectivity index (χ2v) is 10.6. The van der Waals surface area contributed by atoms with Gasteiger partial charge in [0.25, 0.3) is 0 Å². The minimum absolute atomic E-state index is 0.480. The van der Waals surface area contributed by atoms with E-state index in [1.54, 1.807) is 0 Å². The zero-order valence-electron chi connectivity index (χ0n) is 18.6. The average molecular weight is 340 g/mol. The first-order valence-corrected chi connectivity index (χ1v) is 10.6. The summed E-state index contributed by atoms with van der Waals surface area (Å²) in [5.41, 5.74) is 0.480. The summed E-state index contributed by atoms with van der Waals surface area (Å²) in [4.78, 5) is 2.34. The maximum absolute atomic E-state index is 2.40. The van der Waals surface area contributed by atoms with Crippen LogP contribution in [-0.4, -0.2) is 25.5 Å². The summed E-state index contributed by atoms with van der Waals surface area (Å²) in [5, 5.41) is 0. The van der Waals surface area contributed by atoms with E-state index in [4.69, 9.17) is 0 Å². The van der Waals surface area contributed by atoms with Crippen LogP contribution in [0.15, 0.2) is 0 Å². The van der Waals surface area contributed by atoms with E-state index >= 15 is 0 Å². The minimum atomic E-state index is 0.480. The first kappa shape index (κ1) is 24.0. The molecule has 0 bridgehead atoms. The normalized spacial score (nSPS) is 15.5. The molecule has 0 amide bonds. The molecule has 0 saturated carbocycles. The van der Waals surface area contributed by atoms with E-state index < -0.39 is 0 Å². The van der Waals surface area contributed by atoms with E-state index in [2.05, 4.69) is 67.5 Å². The first-order valence-electron chi connectivity index (χ1n) is 10.6. The first-order chi connectivity index (χ1) is 11.0. The molecule has 0 rings (SSSR count). The van der Waals surface area contributed by atoms with Gasteiger partial charge in [-0.2, -0.15) is 0 Å². The van der Waals surface area contributed by atoms with Crippen molar-refractivity contribution < 1.29 is 0 Å². The highest BCUT2D eigenvalue weighted by molar-refractivity contribution is 4.73. The second kappa shape index (κ2) is 12.3. The van der Waals surface area contributed by atoms with Crippen molar-refractivity contribution in [2.24, 2.45) is 29.1 Å². The molecule has 146 valence electrons. The standard InChI is InChI=1S/C23H49N/c1-19(2)12-13-21(11-10-16-24(8)9)18-22(17-20(3)4)14-15-23(5,6)7/h19-22H,10-18H2,1-9H3. The largest absolute Gasteiger partial charge is 0.309 e. The Morgan fingerprint density at radius 1 is 0.708 bits per heavy atom. The summed E-state index contributed by atoms with van der Waals surface area (Å²) in [5.74, 6) is 3.55. The van der Waals surface area contributed by atoms with Crippen LogP contribution in [0.4, 0.5) is 0 Å². The van der Waals surface area contributed by atoms with Crippen LogP contribution < -0.4 is 0 Å². The molecule has 1 nitrogen and oxygen atoms in total. The summed E-state index contributed by atoms with van der Waals surface area (Å²) in [6.07, 6.45) is 11.3. The molecule has 0 aromatic carbocycles. The molecule has 0 radical (unpaired) electrons. The summed E-state index contributed by atoms with van der Waals surface area (Å²) < 4.78 is 0. The maximum atomic E-state index is 2.40. The molecule has 1 heteroatoms. The van der Waals surface area contributed by atoms with Gasteiger partial charge in [-0.15, -0.1) is 0 Å². The van der Waals surface area contributed by atoms with Gasteiger partial charge < -0.3 is 4.90 Å². The van der Waals surface area contributed by atoms with E-state index in [1.165, 1.54) is 57.9 Å². The highest BCUT2D eigenvalue weighted by Gasteiger charge is 2.20. The summed E-state index contributed by atoms with van der Waals surface area (Å²) >= 11 is 0. The van der Waals surface area contributed by atoms with Crippen molar-refractivity contribution in [2.45, 2.75) is 99.8 Å². The molecule has 0 heterocycles. The monoisotopic (exact) mass is 339 g/mol. The Labute approximate surface area is 155 Å². The van der Waals surface area contributed by atoms with E-state index in [0.29, 0.717) is 5.41 Å². The predicted molar refractivity (Wildman–Crippen MR) is 112 cm³/mol. The van der Waals surface area contributed by atoms with Crippen molar-refractivity contribution in [3.63, 3.8) is 0 Å². The zero-order valence-corrected chi connectivity index (χ0v) is 18.6. The Balaban J connectivity index is 4.64. The van der Waals surface area contributed by atoms with Crippen molar-refractivity contribution in [2.75, 3.05) is 20.6 Å². The quantitative estimate of drug-likeness (QED) is 0.341. The van der Waals surface area contributed by atoms with Gasteiger partial charge in [0.1, 0.15) is 0 Å². The fourth-order valence-corrected chi connectivity index (χ4v) is 3.75. The maximum Gasteiger partial charge on any atom is -0.00247 e. The second-order valence-electron chi connectivity index (χ2n) is 10.6. The van der Waals surface area contributed by atoms with Crippen LogP contribution in [0.25, 0.3) is 0 Å². The fourth-order valence-electron chi connectivity index (χ4n) is 3.75. The smallest absolute Gasteiger partial charge is 0.00247 e. The van der Waals surface area contributed by atoms with Crippen LogP contribution in [0, 0.1) is 29.1 Å². The summed E-state index contributed by atoms with van der Waals surface area (Å²) in [6, 6.07) is 0. The van der Waals surface area contributed by atoms with Gasteiger partial charge in [-0.3, -0.25) is 0 Å². The molecule has 0 saturated heterocycles. The van der Waals surface area contributed by atoms with Gasteiger partial charge in [-0.05, 0) is 88.3 Å². The van der Waals surface area contributed by atoms with E-state index in [-0.39, 0.29) is 0 Å². The number of hydrogen-bond acceptors (Lipinski definition) is 1. The molecule has 24 heavy (non-hydrogen) atoms. The number of rotatable bonds is 13. The lowest BCUT2D eigenvalue weighted by Crippen LogP contribution is -2.18. The predicted octanol–water partition coefficient (Wildman–Crippen LogP) is 7.26. The third-order valence-electron chi connectivity index (χ3n) is 5.14. The van der Waals surface area contributed by atoms with Gasteiger partial charge in [0, 0.05) is 0 Å². The average Bonchev–Trinajstić information content (AvgIpc) is 2.39. The lowest BCUT2D eigenvalue weighted by molar-refractivity contribution is 0.234. The van der Waals surface area contributed by atoms with E-state index in [9.17, 15) is 0 Å².